The number of carbonyl (C=O) groups excluding carboxylic acids is 1. The maximum absolute atomic E-state index is 12.5. The van der Waals surface area contributed by atoms with Crippen LogP contribution < -0.4 is 0 Å². The summed E-state index contributed by atoms with van der Waals surface area (Å²) in [7, 11) is 0. The SMILES string of the molecule is O=Cc1cccc2cnc(C(F)(F)F)n12. The fourth-order valence-corrected chi connectivity index (χ4v) is 1.37. The number of hydrogen-bond acceptors (Lipinski definition) is 2. The van der Waals surface area contributed by atoms with Gasteiger partial charge in [-0.2, -0.15) is 13.2 Å². The molecule has 0 aliphatic rings. The van der Waals surface area contributed by atoms with Gasteiger partial charge in [-0.05, 0) is 12.1 Å². The highest BCUT2D eigenvalue weighted by Gasteiger charge is 2.36. The van der Waals surface area contributed by atoms with Crippen LogP contribution >= 0.6 is 0 Å². The van der Waals surface area contributed by atoms with E-state index in [0.29, 0.717) is 6.29 Å². The van der Waals surface area contributed by atoms with Crippen LogP contribution in [0.1, 0.15) is 16.3 Å². The van der Waals surface area contributed by atoms with E-state index in [1.807, 2.05) is 0 Å². The molecule has 0 radical (unpaired) electrons. The van der Waals surface area contributed by atoms with Gasteiger partial charge in [0.15, 0.2) is 6.29 Å². The molecule has 6 heteroatoms. The molecule has 3 nitrogen and oxygen atoms in total. The Balaban J connectivity index is 2.83. The molecular weight excluding hydrogens is 209 g/mol. The Kier molecular flexibility index (Phi) is 1.99. The Bertz CT molecular complexity index is 516. The standard InChI is InChI=1S/C9H5F3N2O/c10-9(11,12)8-13-4-6-2-1-3-7(5-15)14(6)8/h1-5H. The molecule has 0 aliphatic carbocycles. The molecule has 0 unspecified atom stereocenters. The van der Waals surface area contributed by atoms with Crippen molar-refractivity contribution >= 4 is 11.8 Å². The third kappa shape index (κ3) is 1.47. The first-order valence-electron chi connectivity index (χ1n) is 4.03. The van der Waals surface area contributed by atoms with E-state index in [9.17, 15) is 18.0 Å². The van der Waals surface area contributed by atoms with Crippen LogP contribution in [0.15, 0.2) is 24.4 Å². The van der Waals surface area contributed by atoms with Crippen LogP contribution in [0.2, 0.25) is 0 Å². The van der Waals surface area contributed by atoms with Crippen LogP contribution in [0, 0.1) is 0 Å². The number of hydrogen-bond donors (Lipinski definition) is 0. The Morgan fingerprint density at radius 3 is 2.67 bits per heavy atom. The predicted octanol–water partition coefficient (Wildman–Crippen LogP) is 2.17. The van der Waals surface area contributed by atoms with E-state index in [1.54, 1.807) is 0 Å². The van der Waals surface area contributed by atoms with Crippen LogP contribution in [0.25, 0.3) is 5.52 Å². The molecule has 2 aromatic heterocycles. The minimum atomic E-state index is -4.56. The van der Waals surface area contributed by atoms with Gasteiger partial charge in [-0.1, -0.05) is 6.07 Å². The summed E-state index contributed by atoms with van der Waals surface area (Å²) in [5, 5.41) is 0. The number of carbonyl (C=O) groups is 1. The topological polar surface area (TPSA) is 34.4 Å². The van der Waals surface area contributed by atoms with E-state index in [0.717, 1.165) is 10.6 Å². The molecule has 78 valence electrons. The third-order valence-corrected chi connectivity index (χ3v) is 1.96. The molecule has 0 spiro atoms. The van der Waals surface area contributed by atoms with Gasteiger partial charge in [0.2, 0.25) is 5.82 Å². The van der Waals surface area contributed by atoms with Crippen molar-refractivity contribution in [3.8, 4) is 0 Å². The first kappa shape index (κ1) is 9.70. The van der Waals surface area contributed by atoms with Crippen molar-refractivity contribution in [1.29, 1.82) is 0 Å². The number of aldehydes is 1. The Morgan fingerprint density at radius 1 is 1.33 bits per heavy atom. The van der Waals surface area contributed by atoms with Crippen molar-refractivity contribution in [1.82, 2.24) is 9.38 Å². The predicted molar refractivity (Wildman–Crippen MR) is 45.6 cm³/mol. The van der Waals surface area contributed by atoms with Crippen LogP contribution in [-0.4, -0.2) is 15.7 Å². The van der Waals surface area contributed by atoms with Crippen molar-refractivity contribution in [3.05, 3.63) is 35.9 Å². The Hall–Kier alpha value is -1.85. The van der Waals surface area contributed by atoms with Crippen molar-refractivity contribution in [2.45, 2.75) is 6.18 Å². The molecule has 0 fully saturated rings. The van der Waals surface area contributed by atoms with Crippen LogP contribution in [0.3, 0.4) is 0 Å². The molecule has 2 rings (SSSR count). The third-order valence-electron chi connectivity index (χ3n) is 1.96. The molecule has 15 heavy (non-hydrogen) atoms. The summed E-state index contributed by atoms with van der Waals surface area (Å²) in [4.78, 5) is 13.8. The number of aromatic nitrogens is 2. The van der Waals surface area contributed by atoms with E-state index < -0.39 is 12.0 Å². The average Bonchev–Trinajstić information content (AvgIpc) is 2.59. The number of pyridine rings is 1. The molecule has 0 N–H and O–H groups in total. The van der Waals surface area contributed by atoms with E-state index >= 15 is 0 Å². The van der Waals surface area contributed by atoms with E-state index in [1.165, 1.54) is 18.2 Å². The van der Waals surface area contributed by atoms with Gasteiger partial charge in [-0.15, -0.1) is 0 Å². The van der Waals surface area contributed by atoms with Gasteiger partial charge in [0, 0.05) is 0 Å². The molecule has 2 heterocycles. The number of fused-ring (bicyclic) bond motifs is 1. The zero-order valence-electron chi connectivity index (χ0n) is 7.32. The lowest BCUT2D eigenvalue weighted by atomic mass is 10.3. The van der Waals surface area contributed by atoms with Gasteiger partial charge in [0.1, 0.15) is 0 Å². The largest absolute Gasteiger partial charge is 0.450 e. The molecule has 0 saturated heterocycles. The molecule has 2 aromatic rings. The lowest BCUT2D eigenvalue weighted by Crippen LogP contribution is -2.12. The summed E-state index contributed by atoms with van der Waals surface area (Å²) in [6, 6.07) is 4.26. The van der Waals surface area contributed by atoms with Crippen molar-refractivity contribution in [3.63, 3.8) is 0 Å². The Labute approximate surface area is 82.2 Å². The summed E-state index contributed by atoms with van der Waals surface area (Å²) in [6.45, 7) is 0. The highest BCUT2D eigenvalue weighted by atomic mass is 19.4. The van der Waals surface area contributed by atoms with Gasteiger partial charge >= 0.3 is 6.18 Å². The molecule has 0 aromatic carbocycles. The highest BCUT2D eigenvalue weighted by Crippen LogP contribution is 2.29. The lowest BCUT2D eigenvalue weighted by molar-refractivity contribution is -0.145. The molecule has 0 saturated carbocycles. The summed E-state index contributed by atoms with van der Waals surface area (Å²) in [5.74, 6) is -1.08. The van der Waals surface area contributed by atoms with Crippen molar-refractivity contribution in [2.75, 3.05) is 0 Å². The van der Waals surface area contributed by atoms with Crippen molar-refractivity contribution < 1.29 is 18.0 Å². The fraction of sp³-hybridized carbons (Fsp3) is 0.111. The molecule has 0 atom stereocenters. The minimum Gasteiger partial charge on any atom is -0.296 e. The zero-order chi connectivity index (χ0) is 11.1. The number of rotatable bonds is 1. The van der Waals surface area contributed by atoms with Crippen molar-refractivity contribution in [2.24, 2.45) is 0 Å². The minimum absolute atomic E-state index is 0.0719. The number of alkyl halides is 3. The lowest BCUT2D eigenvalue weighted by Gasteiger charge is -2.06. The zero-order valence-corrected chi connectivity index (χ0v) is 7.32. The van der Waals surface area contributed by atoms with Gasteiger partial charge < -0.3 is 0 Å². The number of halogens is 3. The summed E-state index contributed by atoms with van der Waals surface area (Å²) in [6.07, 6.45) is -3.12. The van der Waals surface area contributed by atoms with Gasteiger partial charge in [0.25, 0.3) is 0 Å². The quantitative estimate of drug-likeness (QED) is 0.682. The highest BCUT2D eigenvalue weighted by molar-refractivity contribution is 5.74. The van der Waals surface area contributed by atoms with Gasteiger partial charge in [0.05, 0.1) is 17.4 Å². The molecule has 0 aliphatic heterocycles. The first-order valence-corrected chi connectivity index (χ1v) is 4.03. The molecule has 0 amide bonds. The average molecular weight is 214 g/mol. The number of imidazole rings is 1. The normalized spacial score (nSPS) is 11.9. The smallest absolute Gasteiger partial charge is 0.296 e. The van der Waals surface area contributed by atoms with Crippen LogP contribution in [0.4, 0.5) is 13.2 Å². The van der Waals surface area contributed by atoms with Crippen LogP contribution in [0.5, 0.6) is 0 Å². The van der Waals surface area contributed by atoms with Gasteiger partial charge in [-0.3, -0.25) is 9.20 Å². The second-order valence-corrected chi connectivity index (χ2v) is 2.91. The maximum atomic E-state index is 12.5. The monoisotopic (exact) mass is 214 g/mol. The van der Waals surface area contributed by atoms with Crippen LogP contribution in [-0.2, 0) is 6.18 Å². The van der Waals surface area contributed by atoms with E-state index in [2.05, 4.69) is 4.98 Å². The number of nitrogens with zero attached hydrogens (tertiary/aromatic N) is 2. The maximum Gasteiger partial charge on any atom is 0.450 e. The second kappa shape index (κ2) is 3.08. The summed E-state index contributed by atoms with van der Waals surface area (Å²) < 4.78 is 38.2. The van der Waals surface area contributed by atoms with E-state index in [-0.39, 0.29) is 11.2 Å². The summed E-state index contributed by atoms with van der Waals surface area (Å²) >= 11 is 0. The Morgan fingerprint density at radius 2 is 2.07 bits per heavy atom. The second-order valence-electron chi connectivity index (χ2n) is 2.91. The van der Waals surface area contributed by atoms with E-state index in [4.69, 9.17) is 0 Å². The van der Waals surface area contributed by atoms with Gasteiger partial charge in [-0.25, -0.2) is 4.98 Å². The fourth-order valence-electron chi connectivity index (χ4n) is 1.37. The first-order chi connectivity index (χ1) is 7.04. The molecule has 0 bridgehead atoms. The summed E-state index contributed by atoms with van der Waals surface area (Å²) in [5.41, 5.74) is 0.171. The molecular formula is C9H5F3N2O.